The number of aliphatic carboxylic acids is 1. The van der Waals surface area contributed by atoms with Crippen molar-refractivity contribution in [1.82, 2.24) is 0 Å². The van der Waals surface area contributed by atoms with Crippen molar-refractivity contribution in [2.45, 2.75) is 69.9 Å². The summed E-state index contributed by atoms with van der Waals surface area (Å²) in [6.07, 6.45) is 1.45. The third-order valence-corrected chi connectivity index (χ3v) is 8.33. The number of rotatable bonds is 8. The quantitative estimate of drug-likeness (QED) is 0.356. The molecule has 2 aromatic rings. The van der Waals surface area contributed by atoms with Crippen LogP contribution in [0.1, 0.15) is 60.9 Å². The highest BCUT2D eigenvalue weighted by atomic mass is 19.4. The van der Waals surface area contributed by atoms with E-state index in [-0.39, 0.29) is 35.3 Å². The number of piperidine rings is 1. The second kappa shape index (κ2) is 12.6. The molecule has 1 amide bonds. The average Bonchev–Trinajstić information content (AvgIpc) is 3.93. The predicted molar refractivity (Wildman–Crippen MR) is 146 cm³/mol. The first-order valence-corrected chi connectivity index (χ1v) is 14.6. The molecule has 1 N–H and O–H groups in total. The summed E-state index contributed by atoms with van der Waals surface area (Å²) in [6, 6.07) is 10.8. The first kappa shape index (κ1) is 31.6. The number of methoxy groups -OCH3 is 1. The van der Waals surface area contributed by atoms with E-state index >= 15 is 0 Å². The second-order valence-corrected chi connectivity index (χ2v) is 11.9. The molecule has 0 bridgehead atoms. The number of carboxylic acid groups (broad SMARTS) is 1. The minimum atomic E-state index is -5.19. The smallest absolute Gasteiger partial charge is 0.430 e. The summed E-state index contributed by atoms with van der Waals surface area (Å²) in [4.78, 5) is 36.8. The molecule has 2 aliphatic heterocycles. The summed E-state index contributed by atoms with van der Waals surface area (Å²) in [5, 5.41) is 8.78. The van der Waals surface area contributed by atoms with Gasteiger partial charge in [0.2, 0.25) is 11.7 Å². The number of benzene rings is 2. The number of halogens is 4. The van der Waals surface area contributed by atoms with Gasteiger partial charge < -0.3 is 33.9 Å². The monoisotopic (exact) mass is 622 g/mol. The summed E-state index contributed by atoms with van der Waals surface area (Å²) >= 11 is 0. The van der Waals surface area contributed by atoms with Crippen molar-refractivity contribution in [3.63, 3.8) is 0 Å². The Hall–Kier alpha value is -3.87. The van der Waals surface area contributed by atoms with E-state index in [1.165, 1.54) is 12.0 Å². The van der Waals surface area contributed by atoms with Crippen LogP contribution in [-0.4, -0.2) is 63.0 Å². The molecular weight excluding hydrogens is 588 g/mol. The fourth-order valence-electron chi connectivity index (χ4n) is 5.59. The molecule has 0 radical (unpaired) electrons. The number of amides is 1. The molecule has 2 saturated heterocycles. The van der Waals surface area contributed by atoms with E-state index in [2.05, 4.69) is 0 Å². The molecule has 4 fully saturated rings. The fraction of sp³-hybridized carbons (Fsp3) is 0.516. The molecule has 1 spiro atoms. The number of esters is 1. The zero-order valence-electron chi connectivity index (χ0n) is 24.2. The lowest BCUT2D eigenvalue weighted by atomic mass is 9.77. The first-order valence-electron chi connectivity index (χ1n) is 14.6. The number of nitrogens with zero attached hydrogens (tertiary/aromatic N) is 1. The highest BCUT2D eigenvalue weighted by molar-refractivity contribution is 5.97. The van der Waals surface area contributed by atoms with Crippen molar-refractivity contribution in [2.24, 2.45) is 5.41 Å². The van der Waals surface area contributed by atoms with Gasteiger partial charge in [0.05, 0.1) is 38.0 Å². The van der Waals surface area contributed by atoms with Crippen LogP contribution < -0.4 is 24.4 Å². The van der Waals surface area contributed by atoms with Crippen molar-refractivity contribution in [3.8, 4) is 11.5 Å². The summed E-state index contributed by atoms with van der Waals surface area (Å²) < 4.78 is 63.0. The molecule has 2 aliphatic carbocycles. The number of hydrogen-bond donors (Lipinski definition) is 1. The number of nitrogens with one attached hydrogen (secondary N) is 1. The van der Waals surface area contributed by atoms with Gasteiger partial charge in [0.1, 0.15) is 12.5 Å². The molecule has 0 atom stereocenters. The number of carboxylic acids is 1. The Labute approximate surface area is 251 Å². The van der Waals surface area contributed by atoms with Crippen LogP contribution >= 0.6 is 0 Å². The maximum absolute atomic E-state index is 15.0. The van der Waals surface area contributed by atoms with Crippen molar-refractivity contribution in [1.29, 1.82) is 0 Å². The first-order chi connectivity index (χ1) is 20.9. The summed E-state index contributed by atoms with van der Waals surface area (Å²) in [7, 11) is 1.36. The zero-order chi connectivity index (χ0) is 31.6. The van der Waals surface area contributed by atoms with Crippen LogP contribution in [-0.2, 0) is 20.9 Å². The molecule has 0 unspecified atom stereocenters. The molecule has 2 aromatic carbocycles. The van der Waals surface area contributed by atoms with Crippen LogP contribution in [0.3, 0.4) is 0 Å². The Bertz CT molecular complexity index is 1350. The highest BCUT2D eigenvalue weighted by Crippen LogP contribution is 2.41. The molecule has 9 nitrogen and oxygen atoms in total. The number of likely N-dealkylation sites (tertiary alicyclic amines) is 1. The number of ether oxygens (including phenoxy) is 3. The Kier molecular flexibility index (Phi) is 9.05. The van der Waals surface area contributed by atoms with Crippen LogP contribution in [0.15, 0.2) is 36.4 Å². The SMILES string of the molecule is COC(=O)c1ccc(N2CC3(CC[NH+](Cc4cc(OC5CC5)c(F)c(OC5CC5)c4)CC3)CC2=O)cc1.O=C([O-])C(F)(F)F. The van der Waals surface area contributed by atoms with E-state index in [1.54, 1.807) is 12.1 Å². The van der Waals surface area contributed by atoms with E-state index < -0.39 is 12.1 Å². The highest BCUT2D eigenvalue weighted by Gasteiger charge is 2.46. The van der Waals surface area contributed by atoms with E-state index in [0.29, 0.717) is 30.0 Å². The normalized spacial score (nSPS) is 23.2. The number of anilines is 1. The topological polar surface area (TPSA) is 110 Å². The van der Waals surface area contributed by atoms with E-state index in [4.69, 9.17) is 24.1 Å². The van der Waals surface area contributed by atoms with Gasteiger partial charge in [0.15, 0.2) is 11.5 Å². The Morgan fingerprint density at radius 3 is 1.98 bits per heavy atom. The lowest BCUT2D eigenvalue weighted by Gasteiger charge is -2.36. The standard InChI is InChI=1S/C29H33FN2O5.C2HF3O2/c1-35-28(34)20-2-4-21(5-3-20)32-18-29(16-26(32)33)10-12-31(13-11-29)17-19-14-24(36-22-6-7-22)27(30)25(15-19)37-23-8-9-23;3-2(4,5)1(6)7/h2-5,14-15,22-23H,6-13,16-18H2,1H3;(H,6,7). The lowest BCUT2D eigenvalue weighted by Crippen LogP contribution is -3.12. The molecule has 2 heterocycles. The van der Waals surface area contributed by atoms with Crippen LogP contribution in [0.2, 0.25) is 0 Å². The van der Waals surface area contributed by atoms with E-state index in [9.17, 15) is 27.2 Å². The molecule has 4 aliphatic rings. The van der Waals surface area contributed by atoms with Crippen molar-refractivity contribution >= 4 is 23.5 Å². The van der Waals surface area contributed by atoms with Crippen molar-refractivity contribution in [3.05, 3.63) is 53.3 Å². The zero-order valence-corrected chi connectivity index (χ0v) is 24.2. The molecule has 6 rings (SSSR count). The number of alkyl halides is 3. The van der Waals surface area contributed by atoms with E-state index in [1.807, 2.05) is 29.2 Å². The molecule has 238 valence electrons. The van der Waals surface area contributed by atoms with Gasteiger partial charge in [-0.1, -0.05) is 0 Å². The molecule has 0 aromatic heterocycles. The minimum Gasteiger partial charge on any atom is -0.542 e. The number of hydrogen-bond acceptors (Lipinski definition) is 7. The van der Waals surface area contributed by atoms with Gasteiger partial charge >= 0.3 is 12.1 Å². The summed E-state index contributed by atoms with van der Waals surface area (Å²) in [5.74, 6) is -2.99. The fourth-order valence-corrected chi connectivity index (χ4v) is 5.59. The number of carbonyl (C=O) groups excluding carboxylic acids is 3. The number of carbonyl (C=O) groups is 3. The Morgan fingerprint density at radius 1 is 1.00 bits per heavy atom. The van der Waals surface area contributed by atoms with Crippen LogP contribution in [0.25, 0.3) is 0 Å². The van der Waals surface area contributed by atoms with Crippen LogP contribution in [0.4, 0.5) is 23.2 Å². The Morgan fingerprint density at radius 2 is 1.52 bits per heavy atom. The predicted octanol–water partition coefficient (Wildman–Crippen LogP) is 2.60. The van der Waals surface area contributed by atoms with Crippen LogP contribution in [0.5, 0.6) is 11.5 Å². The maximum atomic E-state index is 15.0. The van der Waals surface area contributed by atoms with Gasteiger partial charge in [-0.2, -0.15) is 17.6 Å². The summed E-state index contributed by atoms with van der Waals surface area (Å²) in [5.41, 5.74) is 2.31. The van der Waals surface area contributed by atoms with Gasteiger partial charge in [-0.3, -0.25) is 4.79 Å². The Balaban J connectivity index is 0.000000493. The lowest BCUT2D eigenvalue weighted by molar-refractivity contribution is -0.921. The van der Waals surface area contributed by atoms with Crippen LogP contribution in [0, 0.1) is 11.2 Å². The van der Waals surface area contributed by atoms with E-state index in [0.717, 1.165) is 69.4 Å². The van der Waals surface area contributed by atoms with Crippen molar-refractivity contribution in [2.75, 3.05) is 31.6 Å². The largest absolute Gasteiger partial charge is 0.542 e. The maximum Gasteiger partial charge on any atom is 0.430 e. The van der Waals surface area contributed by atoms with Crippen molar-refractivity contribution < 1.29 is 56.2 Å². The second-order valence-electron chi connectivity index (χ2n) is 11.9. The molecule has 44 heavy (non-hydrogen) atoms. The molecule has 13 heteroatoms. The van der Waals surface area contributed by atoms with Gasteiger partial charge in [-0.25, -0.2) is 4.79 Å². The third-order valence-electron chi connectivity index (χ3n) is 8.33. The minimum absolute atomic E-state index is 0.0229. The number of quaternary nitrogens is 1. The van der Waals surface area contributed by atoms with Gasteiger partial charge in [-0.05, 0) is 62.1 Å². The van der Waals surface area contributed by atoms with Gasteiger partial charge in [0, 0.05) is 42.5 Å². The average molecular weight is 623 g/mol. The molecular formula is C31H34F4N2O7. The van der Waals surface area contributed by atoms with Gasteiger partial charge in [-0.15, -0.1) is 0 Å². The summed E-state index contributed by atoms with van der Waals surface area (Å²) in [6.45, 7) is 3.39. The third kappa shape index (κ3) is 7.79. The molecule has 2 saturated carbocycles. The van der Waals surface area contributed by atoms with Gasteiger partial charge in [0.25, 0.3) is 0 Å².